The Labute approximate surface area is 165 Å². The molecular formula is C19H21N5O5. The average Bonchev–Trinajstić information content (AvgIpc) is 3.29. The van der Waals surface area contributed by atoms with E-state index < -0.39 is 23.8 Å². The van der Waals surface area contributed by atoms with Crippen molar-refractivity contribution in [2.24, 2.45) is 7.05 Å². The predicted octanol–water partition coefficient (Wildman–Crippen LogP) is 0.620. The first-order valence-corrected chi connectivity index (χ1v) is 9.23. The monoisotopic (exact) mass is 399 g/mol. The van der Waals surface area contributed by atoms with Crippen molar-refractivity contribution in [1.82, 2.24) is 18.7 Å². The van der Waals surface area contributed by atoms with E-state index in [2.05, 4.69) is 4.98 Å². The summed E-state index contributed by atoms with van der Waals surface area (Å²) in [4.78, 5) is 44.1. The number of rotatable bonds is 5. The van der Waals surface area contributed by atoms with Gasteiger partial charge in [0.05, 0.1) is 13.7 Å². The van der Waals surface area contributed by atoms with E-state index in [-0.39, 0.29) is 12.3 Å². The van der Waals surface area contributed by atoms with Gasteiger partial charge in [0.15, 0.2) is 11.2 Å². The second kappa shape index (κ2) is 7.12. The lowest BCUT2D eigenvalue weighted by Gasteiger charge is -2.16. The van der Waals surface area contributed by atoms with Crippen LogP contribution in [0.1, 0.15) is 6.92 Å². The molecule has 3 aromatic rings. The van der Waals surface area contributed by atoms with Gasteiger partial charge in [-0.15, -0.1) is 0 Å². The van der Waals surface area contributed by atoms with Crippen LogP contribution in [0.2, 0.25) is 0 Å². The van der Waals surface area contributed by atoms with Crippen molar-refractivity contribution < 1.29 is 14.3 Å². The Hall–Kier alpha value is -3.56. The normalized spacial score (nSPS) is 13.0. The summed E-state index contributed by atoms with van der Waals surface area (Å²) < 4.78 is 14.0. The number of fused-ring (bicyclic) bond motifs is 3. The number of ether oxygens (including phenoxy) is 2. The summed E-state index contributed by atoms with van der Waals surface area (Å²) in [6, 6.07) is 7.52. The van der Waals surface area contributed by atoms with Crippen LogP contribution in [0.15, 0.2) is 33.9 Å². The summed E-state index contributed by atoms with van der Waals surface area (Å²) in [5, 5.41) is 0. The van der Waals surface area contributed by atoms with Crippen LogP contribution in [-0.4, -0.2) is 44.9 Å². The lowest BCUT2D eigenvalue weighted by atomic mass is 10.3. The minimum atomic E-state index is -0.632. The Balaban J connectivity index is 1.84. The minimum absolute atomic E-state index is 0.176. The summed E-state index contributed by atoms with van der Waals surface area (Å²) in [5.74, 6) is 0.684. The van der Waals surface area contributed by atoms with Crippen molar-refractivity contribution in [3.8, 4) is 5.75 Å². The standard InChI is InChI=1S/C19H21N5O5/c1-4-29-14(25)11-24-17(26)15-16(21(2)19(24)27)20-18-22(9-10-23(15)18)12-5-7-13(28-3)8-6-12/h5-8H,4,9-11H2,1-3H3. The molecule has 0 aliphatic carbocycles. The van der Waals surface area contributed by atoms with Gasteiger partial charge in [-0.05, 0) is 31.2 Å². The molecule has 2 aromatic heterocycles. The van der Waals surface area contributed by atoms with Gasteiger partial charge in [-0.2, -0.15) is 4.98 Å². The van der Waals surface area contributed by atoms with Gasteiger partial charge in [-0.1, -0.05) is 0 Å². The molecule has 0 N–H and O–H groups in total. The number of carbonyl (C=O) groups is 1. The topological polar surface area (TPSA) is 101 Å². The zero-order valence-corrected chi connectivity index (χ0v) is 16.4. The third-order valence-corrected chi connectivity index (χ3v) is 4.98. The first-order chi connectivity index (χ1) is 14.0. The van der Waals surface area contributed by atoms with Crippen LogP contribution < -0.4 is 20.9 Å². The lowest BCUT2D eigenvalue weighted by molar-refractivity contribution is -0.143. The Morgan fingerprint density at radius 3 is 2.55 bits per heavy atom. The molecule has 0 amide bonds. The zero-order chi connectivity index (χ0) is 20.7. The number of methoxy groups -OCH3 is 1. The van der Waals surface area contributed by atoms with Gasteiger partial charge in [0.1, 0.15) is 12.3 Å². The second-order valence-corrected chi connectivity index (χ2v) is 6.62. The van der Waals surface area contributed by atoms with Crippen molar-refractivity contribution in [2.45, 2.75) is 20.0 Å². The Morgan fingerprint density at radius 1 is 1.17 bits per heavy atom. The third-order valence-electron chi connectivity index (χ3n) is 4.98. The number of hydrogen-bond acceptors (Lipinski definition) is 7. The molecule has 4 rings (SSSR count). The molecule has 0 fully saturated rings. The number of esters is 1. The molecule has 3 heterocycles. The highest BCUT2D eigenvalue weighted by Crippen LogP contribution is 2.32. The maximum atomic E-state index is 13.0. The molecule has 1 aliphatic heterocycles. The number of imidazole rings is 1. The molecule has 0 spiro atoms. The smallest absolute Gasteiger partial charge is 0.333 e. The fraction of sp³-hybridized carbons (Fsp3) is 0.368. The molecule has 10 nitrogen and oxygen atoms in total. The van der Waals surface area contributed by atoms with E-state index in [1.54, 1.807) is 18.6 Å². The highest BCUT2D eigenvalue weighted by Gasteiger charge is 2.29. The van der Waals surface area contributed by atoms with Gasteiger partial charge in [-0.3, -0.25) is 14.2 Å². The zero-order valence-electron chi connectivity index (χ0n) is 16.4. The van der Waals surface area contributed by atoms with E-state index in [0.717, 1.165) is 16.0 Å². The van der Waals surface area contributed by atoms with E-state index >= 15 is 0 Å². The van der Waals surface area contributed by atoms with Crippen molar-refractivity contribution in [3.63, 3.8) is 0 Å². The maximum Gasteiger partial charge on any atom is 0.333 e. The highest BCUT2D eigenvalue weighted by atomic mass is 16.5. The number of nitrogens with zero attached hydrogens (tertiary/aromatic N) is 5. The molecule has 10 heteroatoms. The van der Waals surface area contributed by atoms with Gasteiger partial charge in [0.25, 0.3) is 5.56 Å². The third kappa shape index (κ3) is 2.96. The van der Waals surface area contributed by atoms with Crippen LogP contribution in [0.4, 0.5) is 11.6 Å². The van der Waals surface area contributed by atoms with Crippen molar-refractivity contribution in [1.29, 1.82) is 0 Å². The van der Waals surface area contributed by atoms with Crippen LogP contribution >= 0.6 is 0 Å². The number of anilines is 2. The van der Waals surface area contributed by atoms with Gasteiger partial charge in [0.2, 0.25) is 5.95 Å². The number of aromatic nitrogens is 4. The Morgan fingerprint density at radius 2 is 1.90 bits per heavy atom. The summed E-state index contributed by atoms with van der Waals surface area (Å²) in [6.07, 6.45) is 0. The Kier molecular flexibility index (Phi) is 4.61. The van der Waals surface area contributed by atoms with E-state index in [1.165, 1.54) is 11.6 Å². The first kappa shape index (κ1) is 18.8. The molecule has 1 aromatic carbocycles. The molecule has 1 aliphatic rings. The van der Waals surface area contributed by atoms with Crippen LogP contribution in [0.5, 0.6) is 5.75 Å². The van der Waals surface area contributed by atoms with Crippen molar-refractivity contribution in [2.75, 3.05) is 25.2 Å². The van der Waals surface area contributed by atoms with Crippen LogP contribution in [0.3, 0.4) is 0 Å². The van der Waals surface area contributed by atoms with Crippen LogP contribution in [0.25, 0.3) is 11.2 Å². The predicted molar refractivity (Wildman–Crippen MR) is 106 cm³/mol. The van der Waals surface area contributed by atoms with Gasteiger partial charge in [0, 0.05) is 25.8 Å². The quantitative estimate of drug-likeness (QED) is 0.580. The number of benzene rings is 1. The molecule has 0 saturated heterocycles. The van der Waals surface area contributed by atoms with Crippen LogP contribution in [0, 0.1) is 0 Å². The van der Waals surface area contributed by atoms with Gasteiger partial charge < -0.3 is 18.9 Å². The first-order valence-electron chi connectivity index (χ1n) is 9.23. The number of carbonyl (C=O) groups excluding carboxylic acids is 1. The fourth-order valence-corrected chi connectivity index (χ4v) is 3.56. The minimum Gasteiger partial charge on any atom is -0.497 e. The molecule has 0 atom stereocenters. The van der Waals surface area contributed by atoms with Crippen molar-refractivity contribution in [3.05, 3.63) is 45.1 Å². The highest BCUT2D eigenvalue weighted by molar-refractivity contribution is 5.78. The van der Waals surface area contributed by atoms with E-state index in [4.69, 9.17) is 9.47 Å². The van der Waals surface area contributed by atoms with Gasteiger partial charge >= 0.3 is 11.7 Å². The molecule has 0 radical (unpaired) electrons. The largest absolute Gasteiger partial charge is 0.497 e. The van der Waals surface area contributed by atoms with Crippen LogP contribution in [-0.2, 0) is 29.7 Å². The maximum absolute atomic E-state index is 13.0. The fourth-order valence-electron chi connectivity index (χ4n) is 3.56. The van der Waals surface area contributed by atoms with E-state index in [9.17, 15) is 14.4 Å². The molecule has 0 saturated carbocycles. The molecular weight excluding hydrogens is 378 g/mol. The number of hydrogen-bond donors (Lipinski definition) is 0. The van der Waals surface area contributed by atoms with Gasteiger partial charge in [-0.25, -0.2) is 9.36 Å². The summed E-state index contributed by atoms with van der Waals surface area (Å²) in [5.41, 5.74) is 0.322. The lowest BCUT2D eigenvalue weighted by Crippen LogP contribution is -2.41. The second-order valence-electron chi connectivity index (χ2n) is 6.62. The SMILES string of the molecule is CCOC(=O)Cn1c(=O)c2c(nc3n2CCN3c2ccc(OC)cc2)n(C)c1=O. The molecule has 0 bridgehead atoms. The van der Waals surface area contributed by atoms with Crippen molar-refractivity contribution >= 4 is 28.8 Å². The average molecular weight is 399 g/mol. The molecule has 29 heavy (non-hydrogen) atoms. The molecule has 152 valence electrons. The number of aryl methyl sites for hydroxylation is 1. The Bertz CT molecular complexity index is 1200. The van der Waals surface area contributed by atoms with E-state index in [0.29, 0.717) is 24.6 Å². The van der Waals surface area contributed by atoms with E-state index in [1.807, 2.05) is 29.2 Å². The summed E-state index contributed by atoms with van der Waals surface area (Å²) in [7, 11) is 3.14. The summed E-state index contributed by atoms with van der Waals surface area (Å²) >= 11 is 0. The molecule has 0 unspecified atom stereocenters. The summed E-state index contributed by atoms with van der Waals surface area (Å²) in [6.45, 7) is 2.57.